The van der Waals surface area contributed by atoms with Crippen LogP contribution in [0.1, 0.15) is 33.3 Å². The van der Waals surface area contributed by atoms with Gasteiger partial charge in [-0.3, -0.25) is 14.7 Å². The lowest BCUT2D eigenvalue weighted by Crippen LogP contribution is -2.32. The first-order valence-electron chi connectivity index (χ1n) is 8.85. The maximum absolute atomic E-state index is 13.1. The molecule has 0 bridgehead atoms. The number of ether oxygens (including phenoxy) is 1. The van der Waals surface area contributed by atoms with Crippen molar-refractivity contribution < 1.29 is 9.53 Å². The minimum atomic E-state index is -0.373. The van der Waals surface area contributed by atoms with E-state index >= 15 is 0 Å². The third-order valence-corrected chi connectivity index (χ3v) is 4.92. The highest BCUT2D eigenvalue weighted by molar-refractivity contribution is 6.11. The molecule has 0 unspecified atom stereocenters. The van der Waals surface area contributed by atoms with Crippen molar-refractivity contribution in [3.05, 3.63) is 83.2 Å². The summed E-state index contributed by atoms with van der Waals surface area (Å²) in [5.41, 5.74) is 5.43. The Morgan fingerprint density at radius 2 is 1.70 bits per heavy atom. The maximum Gasteiger partial charge on any atom is 0.262 e. The summed E-state index contributed by atoms with van der Waals surface area (Å²) in [6.07, 6.45) is 1.35. The summed E-state index contributed by atoms with van der Waals surface area (Å²) in [5.74, 6) is 0.687. The molecule has 136 valence electrons. The second-order valence-corrected chi connectivity index (χ2v) is 6.62. The lowest BCUT2D eigenvalue weighted by molar-refractivity contribution is 0.0993. The van der Waals surface area contributed by atoms with Gasteiger partial charge in [-0.15, -0.1) is 0 Å². The van der Waals surface area contributed by atoms with Crippen molar-refractivity contribution >= 4 is 17.3 Å². The second-order valence-electron chi connectivity index (χ2n) is 6.62. The SMILES string of the molecule is COc1ccc(N2C(=O)c3cccnc3[C@H]2Nc2c(C)cccc2C)cc1. The smallest absolute Gasteiger partial charge is 0.262 e. The molecule has 1 aromatic heterocycles. The summed E-state index contributed by atoms with van der Waals surface area (Å²) in [7, 11) is 1.63. The summed E-state index contributed by atoms with van der Waals surface area (Å²) in [6.45, 7) is 4.12. The van der Waals surface area contributed by atoms with Crippen LogP contribution in [0, 0.1) is 13.8 Å². The molecule has 1 atom stereocenters. The fourth-order valence-corrected chi connectivity index (χ4v) is 3.51. The Morgan fingerprint density at radius 1 is 1.00 bits per heavy atom. The van der Waals surface area contributed by atoms with E-state index in [0.717, 1.165) is 33.9 Å². The number of aromatic nitrogens is 1. The quantitative estimate of drug-likeness (QED) is 0.746. The van der Waals surface area contributed by atoms with Gasteiger partial charge in [-0.05, 0) is 61.4 Å². The highest BCUT2D eigenvalue weighted by Gasteiger charge is 2.39. The van der Waals surface area contributed by atoms with Gasteiger partial charge in [-0.2, -0.15) is 0 Å². The van der Waals surface area contributed by atoms with Crippen molar-refractivity contribution in [2.24, 2.45) is 0 Å². The number of rotatable bonds is 4. The molecule has 0 radical (unpaired) electrons. The number of amides is 1. The normalized spacial score (nSPS) is 15.6. The van der Waals surface area contributed by atoms with Crippen LogP contribution in [0.5, 0.6) is 5.75 Å². The van der Waals surface area contributed by atoms with E-state index in [9.17, 15) is 4.79 Å². The van der Waals surface area contributed by atoms with Gasteiger partial charge in [0.05, 0.1) is 18.4 Å². The topological polar surface area (TPSA) is 54.5 Å². The van der Waals surface area contributed by atoms with E-state index in [-0.39, 0.29) is 12.1 Å². The van der Waals surface area contributed by atoms with E-state index in [1.54, 1.807) is 24.3 Å². The zero-order valence-corrected chi connectivity index (χ0v) is 15.6. The molecule has 1 aliphatic rings. The fraction of sp³-hybridized carbons (Fsp3) is 0.182. The predicted molar refractivity (Wildman–Crippen MR) is 106 cm³/mol. The number of carbonyl (C=O) groups excluding carboxylic acids is 1. The molecule has 3 aromatic rings. The van der Waals surface area contributed by atoms with Crippen LogP contribution >= 0.6 is 0 Å². The molecule has 0 saturated heterocycles. The van der Waals surface area contributed by atoms with Gasteiger partial charge in [0.2, 0.25) is 0 Å². The molecule has 0 aliphatic carbocycles. The molecular formula is C22H21N3O2. The zero-order chi connectivity index (χ0) is 19.0. The second kappa shape index (κ2) is 6.76. The van der Waals surface area contributed by atoms with E-state index < -0.39 is 0 Å². The molecule has 5 nitrogen and oxygen atoms in total. The van der Waals surface area contributed by atoms with Gasteiger partial charge in [0.1, 0.15) is 5.75 Å². The Balaban J connectivity index is 1.80. The van der Waals surface area contributed by atoms with Crippen LogP contribution in [0.3, 0.4) is 0 Å². The highest BCUT2D eigenvalue weighted by atomic mass is 16.5. The van der Waals surface area contributed by atoms with Crippen molar-refractivity contribution in [3.63, 3.8) is 0 Å². The van der Waals surface area contributed by atoms with E-state index in [1.807, 2.05) is 36.4 Å². The van der Waals surface area contributed by atoms with Crippen LogP contribution in [0.25, 0.3) is 0 Å². The summed E-state index contributed by atoms with van der Waals surface area (Å²) in [4.78, 5) is 19.4. The van der Waals surface area contributed by atoms with Gasteiger partial charge in [0.15, 0.2) is 6.17 Å². The molecule has 2 aromatic carbocycles. The number of nitrogens with zero attached hydrogens (tertiary/aromatic N) is 2. The molecule has 5 heteroatoms. The van der Waals surface area contributed by atoms with Gasteiger partial charge >= 0.3 is 0 Å². The Kier molecular flexibility index (Phi) is 4.28. The first kappa shape index (κ1) is 17.1. The van der Waals surface area contributed by atoms with E-state index in [2.05, 4.69) is 36.3 Å². The Hall–Kier alpha value is -3.34. The molecule has 1 amide bonds. The van der Waals surface area contributed by atoms with Gasteiger partial charge in [-0.1, -0.05) is 18.2 Å². The van der Waals surface area contributed by atoms with Crippen LogP contribution in [-0.4, -0.2) is 18.0 Å². The summed E-state index contributed by atoms with van der Waals surface area (Å²) in [6, 6.07) is 17.3. The van der Waals surface area contributed by atoms with Crippen molar-refractivity contribution in [1.29, 1.82) is 0 Å². The van der Waals surface area contributed by atoms with E-state index in [4.69, 9.17) is 4.74 Å². The number of nitrogens with one attached hydrogen (secondary N) is 1. The predicted octanol–water partition coefficient (Wildman–Crippen LogP) is 4.48. The number of carbonyl (C=O) groups is 1. The minimum absolute atomic E-state index is 0.0630. The van der Waals surface area contributed by atoms with Crippen molar-refractivity contribution in [1.82, 2.24) is 4.98 Å². The summed E-state index contributed by atoms with van der Waals surface area (Å²) in [5, 5.41) is 3.55. The molecule has 1 aliphatic heterocycles. The molecular weight excluding hydrogens is 338 g/mol. The number of hydrogen-bond donors (Lipinski definition) is 1. The summed E-state index contributed by atoms with van der Waals surface area (Å²) >= 11 is 0. The molecule has 2 heterocycles. The number of para-hydroxylation sites is 1. The number of fused-ring (bicyclic) bond motifs is 1. The van der Waals surface area contributed by atoms with Crippen LogP contribution in [-0.2, 0) is 0 Å². The minimum Gasteiger partial charge on any atom is -0.497 e. The van der Waals surface area contributed by atoms with Crippen molar-refractivity contribution in [2.75, 3.05) is 17.3 Å². The van der Waals surface area contributed by atoms with Crippen LogP contribution in [0.2, 0.25) is 0 Å². The molecule has 27 heavy (non-hydrogen) atoms. The summed E-state index contributed by atoms with van der Waals surface area (Å²) < 4.78 is 5.24. The number of pyridine rings is 1. The fourth-order valence-electron chi connectivity index (χ4n) is 3.51. The highest BCUT2D eigenvalue weighted by Crippen LogP contribution is 2.38. The number of benzene rings is 2. The average Bonchev–Trinajstić information content (AvgIpc) is 2.97. The lowest BCUT2D eigenvalue weighted by Gasteiger charge is -2.28. The van der Waals surface area contributed by atoms with Gasteiger partial charge < -0.3 is 10.1 Å². The number of anilines is 2. The third-order valence-electron chi connectivity index (χ3n) is 4.92. The maximum atomic E-state index is 13.1. The van der Waals surface area contributed by atoms with Crippen LogP contribution in [0.15, 0.2) is 60.8 Å². The average molecular weight is 359 g/mol. The standard InChI is InChI=1S/C22H21N3O2/c1-14-6-4-7-15(2)19(14)24-21-20-18(8-5-13-23-20)22(26)25(21)16-9-11-17(27-3)12-10-16/h4-13,21,24H,1-3H3/t21-/m0/s1. The number of aryl methyl sites for hydroxylation is 2. The van der Waals surface area contributed by atoms with Gasteiger partial charge in [-0.25, -0.2) is 0 Å². The third kappa shape index (κ3) is 2.91. The monoisotopic (exact) mass is 359 g/mol. The molecule has 0 saturated carbocycles. The van der Waals surface area contributed by atoms with Crippen molar-refractivity contribution in [3.8, 4) is 5.75 Å². The van der Waals surface area contributed by atoms with Crippen LogP contribution < -0.4 is 15.0 Å². The van der Waals surface area contributed by atoms with Gasteiger partial charge in [0.25, 0.3) is 5.91 Å². The number of hydrogen-bond acceptors (Lipinski definition) is 4. The Labute approximate surface area is 158 Å². The largest absolute Gasteiger partial charge is 0.497 e. The molecule has 0 spiro atoms. The molecule has 4 rings (SSSR count). The van der Waals surface area contributed by atoms with Crippen molar-refractivity contribution in [2.45, 2.75) is 20.0 Å². The van der Waals surface area contributed by atoms with Gasteiger partial charge in [0, 0.05) is 17.6 Å². The Morgan fingerprint density at radius 3 is 2.37 bits per heavy atom. The van der Waals surface area contributed by atoms with E-state index in [0.29, 0.717) is 5.56 Å². The Bertz CT molecular complexity index is 978. The molecule has 1 N–H and O–H groups in total. The number of methoxy groups -OCH3 is 1. The first-order chi connectivity index (χ1) is 13.1. The first-order valence-corrected chi connectivity index (χ1v) is 8.85. The van der Waals surface area contributed by atoms with E-state index in [1.165, 1.54) is 0 Å². The lowest BCUT2D eigenvalue weighted by atomic mass is 10.1. The zero-order valence-electron chi connectivity index (χ0n) is 15.6. The van der Waals surface area contributed by atoms with Crippen LogP contribution in [0.4, 0.5) is 11.4 Å². The molecule has 0 fully saturated rings.